The van der Waals surface area contributed by atoms with E-state index in [1.807, 2.05) is 19.2 Å². The zero-order valence-corrected chi connectivity index (χ0v) is 11.6. The Morgan fingerprint density at radius 3 is 2.63 bits per heavy atom. The number of anilines is 1. The van der Waals surface area contributed by atoms with E-state index < -0.39 is 0 Å². The molecule has 0 spiro atoms. The summed E-state index contributed by atoms with van der Waals surface area (Å²) in [6, 6.07) is 6.61. The van der Waals surface area contributed by atoms with Crippen LogP contribution in [0.3, 0.4) is 0 Å². The minimum absolute atomic E-state index is 0.189. The fourth-order valence-electron chi connectivity index (χ4n) is 2.34. The predicted molar refractivity (Wildman–Crippen MR) is 76.1 cm³/mol. The van der Waals surface area contributed by atoms with Crippen molar-refractivity contribution in [3.63, 3.8) is 0 Å². The van der Waals surface area contributed by atoms with Crippen molar-refractivity contribution in [2.75, 3.05) is 38.2 Å². The maximum atomic E-state index is 12.8. The van der Waals surface area contributed by atoms with Crippen LogP contribution >= 0.6 is 0 Å². The van der Waals surface area contributed by atoms with E-state index >= 15 is 0 Å². The summed E-state index contributed by atoms with van der Waals surface area (Å²) in [5.41, 5.74) is 1.04. The summed E-state index contributed by atoms with van der Waals surface area (Å²) in [4.78, 5) is 2.13. The number of halogens is 1. The van der Waals surface area contributed by atoms with E-state index in [1.54, 1.807) is 0 Å². The molecule has 0 bridgehead atoms. The van der Waals surface area contributed by atoms with Gasteiger partial charge in [-0.3, -0.25) is 0 Å². The summed E-state index contributed by atoms with van der Waals surface area (Å²) in [6.07, 6.45) is 3.66. The number of piperidine rings is 1. The molecule has 3 nitrogen and oxygen atoms in total. The number of benzene rings is 1. The highest BCUT2D eigenvalue weighted by Gasteiger charge is 2.12. The zero-order valence-electron chi connectivity index (χ0n) is 11.6. The van der Waals surface area contributed by atoms with E-state index in [-0.39, 0.29) is 5.82 Å². The highest BCUT2D eigenvalue weighted by molar-refractivity contribution is 5.45. The smallest absolute Gasteiger partial charge is 0.123 e. The fourth-order valence-corrected chi connectivity index (χ4v) is 2.34. The molecule has 1 heterocycles. The molecule has 0 aliphatic carbocycles. The molecule has 106 valence electrons. The minimum Gasteiger partial charge on any atom is -0.378 e. The Bertz CT molecular complexity index is 363. The second kappa shape index (κ2) is 7.46. The van der Waals surface area contributed by atoms with E-state index in [4.69, 9.17) is 4.74 Å². The summed E-state index contributed by atoms with van der Waals surface area (Å²) < 4.78 is 18.7. The first-order chi connectivity index (χ1) is 9.25. The minimum atomic E-state index is -0.189. The molecule has 19 heavy (non-hydrogen) atoms. The zero-order chi connectivity index (χ0) is 13.5. The molecule has 1 aliphatic heterocycles. The van der Waals surface area contributed by atoms with E-state index in [1.165, 1.54) is 12.1 Å². The van der Waals surface area contributed by atoms with Gasteiger partial charge in [0.15, 0.2) is 0 Å². The van der Waals surface area contributed by atoms with Crippen LogP contribution in [-0.4, -0.2) is 39.4 Å². The maximum absolute atomic E-state index is 12.8. The lowest BCUT2D eigenvalue weighted by molar-refractivity contribution is 0.0324. The quantitative estimate of drug-likeness (QED) is 0.800. The Morgan fingerprint density at radius 1 is 1.26 bits per heavy atom. The van der Waals surface area contributed by atoms with Gasteiger partial charge in [-0.2, -0.15) is 0 Å². The molecule has 0 saturated carbocycles. The first-order valence-corrected chi connectivity index (χ1v) is 7.05. The highest BCUT2D eigenvalue weighted by atomic mass is 19.1. The average Bonchev–Trinajstić information content (AvgIpc) is 2.45. The molecule has 0 radical (unpaired) electrons. The molecule has 1 aromatic rings. The standard InChI is InChI=1S/C15H23FN2O/c1-18(14-5-3-13(16)4-6-14)11-2-12-19-15-7-9-17-10-8-15/h3-6,15,17H,2,7-12H2,1H3. The normalized spacial score (nSPS) is 16.5. The Balaban J connectivity index is 1.63. The first-order valence-electron chi connectivity index (χ1n) is 7.05. The lowest BCUT2D eigenvalue weighted by atomic mass is 10.1. The molecule has 1 saturated heterocycles. The second-order valence-electron chi connectivity index (χ2n) is 5.07. The van der Waals surface area contributed by atoms with Crippen LogP contribution in [0, 0.1) is 5.82 Å². The van der Waals surface area contributed by atoms with Gasteiger partial charge in [-0.15, -0.1) is 0 Å². The van der Waals surface area contributed by atoms with Gasteiger partial charge >= 0.3 is 0 Å². The molecular formula is C15H23FN2O. The molecule has 0 aromatic heterocycles. The van der Waals surface area contributed by atoms with Crippen molar-refractivity contribution in [1.29, 1.82) is 0 Å². The molecule has 4 heteroatoms. The molecule has 1 fully saturated rings. The summed E-state index contributed by atoms with van der Waals surface area (Å²) >= 11 is 0. The maximum Gasteiger partial charge on any atom is 0.123 e. The Morgan fingerprint density at radius 2 is 1.95 bits per heavy atom. The van der Waals surface area contributed by atoms with Crippen molar-refractivity contribution in [3.05, 3.63) is 30.1 Å². The van der Waals surface area contributed by atoms with Crippen molar-refractivity contribution in [2.45, 2.75) is 25.4 Å². The largest absolute Gasteiger partial charge is 0.378 e. The van der Waals surface area contributed by atoms with Crippen molar-refractivity contribution in [3.8, 4) is 0 Å². The van der Waals surface area contributed by atoms with Crippen LogP contribution in [0.25, 0.3) is 0 Å². The second-order valence-corrected chi connectivity index (χ2v) is 5.07. The molecule has 0 amide bonds. The summed E-state index contributed by atoms with van der Waals surface area (Å²) in [5.74, 6) is -0.189. The first kappa shape index (κ1) is 14.3. The van der Waals surface area contributed by atoms with Gasteiger partial charge in [0.1, 0.15) is 5.82 Å². The lowest BCUT2D eigenvalue weighted by Gasteiger charge is -2.24. The van der Waals surface area contributed by atoms with E-state index in [0.29, 0.717) is 6.10 Å². The van der Waals surface area contributed by atoms with Crippen molar-refractivity contribution >= 4 is 5.69 Å². The van der Waals surface area contributed by atoms with Gasteiger partial charge in [0.05, 0.1) is 6.10 Å². The average molecular weight is 266 g/mol. The number of hydrogen-bond acceptors (Lipinski definition) is 3. The van der Waals surface area contributed by atoms with Crippen molar-refractivity contribution < 1.29 is 9.13 Å². The Kier molecular flexibility index (Phi) is 5.61. The monoisotopic (exact) mass is 266 g/mol. The number of ether oxygens (including phenoxy) is 1. The fraction of sp³-hybridized carbons (Fsp3) is 0.600. The van der Waals surface area contributed by atoms with Gasteiger partial charge in [-0.05, 0) is 56.6 Å². The number of nitrogens with one attached hydrogen (secondary N) is 1. The third kappa shape index (κ3) is 4.80. The van der Waals surface area contributed by atoms with Crippen molar-refractivity contribution in [2.24, 2.45) is 0 Å². The van der Waals surface area contributed by atoms with Gasteiger partial charge in [-0.25, -0.2) is 4.39 Å². The highest BCUT2D eigenvalue weighted by Crippen LogP contribution is 2.13. The molecule has 1 N–H and O–H groups in total. The number of hydrogen-bond donors (Lipinski definition) is 1. The summed E-state index contributed by atoms with van der Waals surface area (Å²) in [7, 11) is 2.03. The molecule has 1 aromatic carbocycles. The van der Waals surface area contributed by atoms with Crippen molar-refractivity contribution in [1.82, 2.24) is 5.32 Å². The van der Waals surface area contributed by atoms with Crippen LogP contribution in [0.1, 0.15) is 19.3 Å². The van der Waals surface area contributed by atoms with Crippen LogP contribution in [0.15, 0.2) is 24.3 Å². The van der Waals surface area contributed by atoms with Crippen LogP contribution in [0.2, 0.25) is 0 Å². The van der Waals surface area contributed by atoms with Gasteiger partial charge in [-0.1, -0.05) is 0 Å². The van der Waals surface area contributed by atoms with E-state index in [2.05, 4.69) is 10.2 Å². The Labute approximate surface area is 114 Å². The number of nitrogens with zero attached hydrogens (tertiary/aromatic N) is 1. The molecular weight excluding hydrogens is 243 g/mol. The van der Waals surface area contributed by atoms with Crippen LogP contribution in [0.5, 0.6) is 0 Å². The molecule has 0 atom stereocenters. The van der Waals surface area contributed by atoms with Gasteiger partial charge in [0, 0.05) is 25.9 Å². The van der Waals surface area contributed by atoms with Gasteiger partial charge in [0.2, 0.25) is 0 Å². The Hall–Kier alpha value is -1.13. The summed E-state index contributed by atoms with van der Waals surface area (Å²) in [5, 5.41) is 3.33. The van der Waals surface area contributed by atoms with Crippen LogP contribution in [-0.2, 0) is 4.74 Å². The van der Waals surface area contributed by atoms with Gasteiger partial charge < -0.3 is 15.0 Å². The van der Waals surface area contributed by atoms with E-state index in [9.17, 15) is 4.39 Å². The molecule has 0 unspecified atom stereocenters. The predicted octanol–water partition coefficient (Wildman–Crippen LogP) is 2.42. The molecule has 2 rings (SSSR count). The van der Waals surface area contributed by atoms with E-state index in [0.717, 1.165) is 51.2 Å². The lowest BCUT2D eigenvalue weighted by Crippen LogP contribution is -2.33. The van der Waals surface area contributed by atoms with Crippen LogP contribution in [0.4, 0.5) is 10.1 Å². The van der Waals surface area contributed by atoms with Crippen LogP contribution < -0.4 is 10.2 Å². The SMILES string of the molecule is CN(CCCOC1CCNCC1)c1ccc(F)cc1. The third-order valence-corrected chi connectivity index (χ3v) is 3.54. The third-order valence-electron chi connectivity index (χ3n) is 3.54. The molecule has 1 aliphatic rings. The number of rotatable bonds is 6. The topological polar surface area (TPSA) is 24.5 Å². The summed E-state index contributed by atoms with van der Waals surface area (Å²) in [6.45, 7) is 3.87. The van der Waals surface area contributed by atoms with Gasteiger partial charge in [0.25, 0.3) is 0 Å².